The molecule has 0 aliphatic rings. The van der Waals surface area contributed by atoms with Gasteiger partial charge >= 0.3 is 0 Å². The highest BCUT2D eigenvalue weighted by Gasteiger charge is 2.13. The molecular formula is C15H20BrN3. The molecule has 0 bridgehead atoms. The van der Waals surface area contributed by atoms with E-state index in [1.807, 2.05) is 14.1 Å². The first kappa shape index (κ1) is 14.3. The smallest absolute Gasteiger partial charge is 0.124 e. The van der Waals surface area contributed by atoms with Crippen LogP contribution in [0.3, 0.4) is 0 Å². The van der Waals surface area contributed by atoms with Crippen LogP contribution in [0.2, 0.25) is 0 Å². The first-order chi connectivity index (χ1) is 9.04. The van der Waals surface area contributed by atoms with Gasteiger partial charge in [-0.3, -0.25) is 0 Å². The zero-order valence-corrected chi connectivity index (χ0v) is 13.5. The number of aromatic nitrogens is 2. The first-order valence-corrected chi connectivity index (χ1v) is 7.30. The van der Waals surface area contributed by atoms with Crippen LogP contribution in [0, 0.1) is 0 Å². The van der Waals surface area contributed by atoms with Gasteiger partial charge in [-0.05, 0) is 34.5 Å². The van der Waals surface area contributed by atoms with Gasteiger partial charge in [0.1, 0.15) is 16.1 Å². The van der Waals surface area contributed by atoms with Crippen molar-refractivity contribution < 1.29 is 0 Å². The fourth-order valence-electron chi connectivity index (χ4n) is 2.05. The van der Waals surface area contributed by atoms with E-state index in [4.69, 9.17) is 4.98 Å². The SMILES string of the molecule is CNCc1nc(-c2ccc(C(C)C)cc2)c(Br)n1C. The molecule has 2 aromatic rings. The summed E-state index contributed by atoms with van der Waals surface area (Å²) in [4.78, 5) is 4.70. The second-order valence-corrected chi connectivity index (χ2v) is 5.78. The van der Waals surface area contributed by atoms with Crippen molar-refractivity contribution in [3.63, 3.8) is 0 Å². The van der Waals surface area contributed by atoms with E-state index in [0.29, 0.717) is 5.92 Å². The highest BCUT2D eigenvalue weighted by Crippen LogP contribution is 2.29. The van der Waals surface area contributed by atoms with Crippen LogP contribution >= 0.6 is 15.9 Å². The number of nitrogens with zero attached hydrogens (tertiary/aromatic N) is 2. The summed E-state index contributed by atoms with van der Waals surface area (Å²) in [6, 6.07) is 8.65. The molecule has 4 heteroatoms. The molecule has 0 fully saturated rings. The molecule has 3 nitrogen and oxygen atoms in total. The van der Waals surface area contributed by atoms with Crippen molar-refractivity contribution in [3.05, 3.63) is 40.3 Å². The number of hydrogen-bond donors (Lipinski definition) is 1. The van der Waals surface area contributed by atoms with Crippen molar-refractivity contribution in [1.29, 1.82) is 0 Å². The van der Waals surface area contributed by atoms with E-state index in [1.165, 1.54) is 5.56 Å². The summed E-state index contributed by atoms with van der Waals surface area (Å²) < 4.78 is 3.09. The van der Waals surface area contributed by atoms with E-state index in [9.17, 15) is 0 Å². The summed E-state index contributed by atoms with van der Waals surface area (Å²) in [5.74, 6) is 1.58. The van der Waals surface area contributed by atoms with E-state index >= 15 is 0 Å². The van der Waals surface area contributed by atoms with Crippen molar-refractivity contribution in [1.82, 2.24) is 14.9 Å². The van der Waals surface area contributed by atoms with Crippen LogP contribution in [0.25, 0.3) is 11.3 Å². The fourth-order valence-corrected chi connectivity index (χ4v) is 2.57. The largest absolute Gasteiger partial charge is 0.324 e. The van der Waals surface area contributed by atoms with Gasteiger partial charge in [-0.25, -0.2) is 4.98 Å². The lowest BCUT2D eigenvalue weighted by Gasteiger charge is -2.06. The van der Waals surface area contributed by atoms with Crippen LogP contribution in [0.15, 0.2) is 28.9 Å². The highest BCUT2D eigenvalue weighted by molar-refractivity contribution is 9.10. The minimum Gasteiger partial charge on any atom is -0.324 e. The summed E-state index contributed by atoms with van der Waals surface area (Å²) in [5, 5.41) is 3.14. The molecule has 2 rings (SSSR count). The van der Waals surface area contributed by atoms with Crippen LogP contribution in [0.4, 0.5) is 0 Å². The Morgan fingerprint density at radius 1 is 1.26 bits per heavy atom. The molecule has 0 unspecified atom stereocenters. The molecule has 0 saturated heterocycles. The third-order valence-electron chi connectivity index (χ3n) is 3.30. The summed E-state index contributed by atoms with van der Waals surface area (Å²) >= 11 is 3.63. The van der Waals surface area contributed by atoms with Gasteiger partial charge in [0, 0.05) is 12.6 Å². The number of rotatable bonds is 4. The van der Waals surface area contributed by atoms with E-state index in [-0.39, 0.29) is 0 Å². The normalized spacial score (nSPS) is 11.3. The van der Waals surface area contributed by atoms with E-state index in [2.05, 4.69) is 63.9 Å². The number of benzene rings is 1. The Labute approximate surface area is 123 Å². The standard InChI is InChI=1S/C15H20BrN3/c1-10(2)11-5-7-12(8-6-11)14-15(16)19(4)13(18-14)9-17-3/h5-8,10,17H,9H2,1-4H3. The molecule has 0 radical (unpaired) electrons. The molecule has 0 aliphatic heterocycles. The van der Waals surface area contributed by atoms with E-state index in [0.717, 1.165) is 28.2 Å². The molecule has 0 atom stereocenters. The molecule has 1 heterocycles. The highest BCUT2D eigenvalue weighted by atomic mass is 79.9. The number of halogens is 1. The number of imidazole rings is 1. The maximum atomic E-state index is 4.70. The maximum Gasteiger partial charge on any atom is 0.124 e. The monoisotopic (exact) mass is 321 g/mol. The van der Waals surface area contributed by atoms with E-state index < -0.39 is 0 Å². The molecule has 102 valence electrons. The van der Waals surface area contributed by atoms with Crippen LogP contribution in [-0.2, 0) is 13.6 Å². The quantitative estimate of drug-likeness (QED) is 0.930. The lowest BCUT2D eigenvalue weighted by Crippen LogP contribution is -2.10. The molecule has 1 N–H and O–H groups in total. The first-order valence-electron chi connectivity index (χ1n) is 6.50. The van der Waals surface area contributed by atoms with Gasteiger partial charge in [-0.2, -0.15) is 0 Å². The minimum absolute atomic E-state index is 0.557. The predicted octanol–water partition coefficient (Wildman–Crippen LogP) is 3.69. The fraction of sp³-hybridized carbons (Fsp3) is 0.400. The van der Waals surface area contributed by atoms with Gasteiger partial charge < -0.3 is 9.88 Å². The Bertz CT molecular complexity index is 556. The predicted molar refractivity (Wildman–Crippen MR) is 83.2 cm³/mol. The van der Waals surface area contributed by atoms with Gasteiger partial charge in [0.2, 0.25) is 0 Å². The zero-order valence-electron chi connectivity index (χ0n) is 11.9. The van der Waals surface area contributed by atoms with Crippen LogP contribution in [0.5, 0.6) is 0 Å². The van der Waals surface area contributed by atoms with Crippen molar-refractivity contribution in [2.75, 3.05) is 7.05 Å². The minimum atomic E-state index is 0.557. The lowest BCUT2D eigenvalue weighted by atomic mass is 10.0. The zero-order chi connectivity index (χ0) is 14.0. The molecule has 1 aromatic heterocycles. The summed E-state index contributed by atoms with van der Waals surface area (Å²) in [6.07, 6.45) is 0. The Morgan fingerprint density at radius 2 is 1.89 bits per heavy atom. The van der Waals surface area contributed by atoms with Gasteiger partial charge in [-0.1, -0.05) is 38.1 Å². The molecular weight excluding hydrogens is 302 g/mol. The second-order valence-electron chi connectivity index (χ2n) is 5.03. The second kappa shape index (κ2) is 5.88. The Kier molecular flexibility index (Phi) is 4.42. The van der Waals surface area contributed by atoms with Gasteiger partial charge in [0.25, 0.3) is 0 Å². The van der Waals surface area contributed by atoms with Crippen molar-refractivity contribution in [3.8, 4) is 11.3 Å². The Balaban J connectivity index is 2.38. The summed E-state index contributed by atoms with van der Waals surface area (Å²) in [6.45, 7) is 5.17. The van der Waals surface area contributed by atoms with Crippen LogP contribution in [0.1, 0.15) is 31.2 Å². The molecule has 19 heavy (non-hydrogen) atoms. The van der Waals surface area contributed by atoms with E-state index in [1.54, 1.807) is 0 Å². The van der Waals surface area contributed by atoms with Crippen molar-refractivity contribution in [2.45, 2.75) is 26.3 Å². The molecule has 0 amide bonds. The van der Waals surface area contributed by atoms with Crippen molar-refractivity contribution in [2.24, 2.45) is 7.05 Å². The van der Waals surface area contributed by atoms with Crippen LogP contribution < -0.4 is 5.32 Å². The average Bonchev–Trinajstić information content (AvgIpc) is 2.68. The third-order valence-corrected chi connectivity index (χ3v) is 4.21. The summed E-state index contributed by atoms with van der Waals surface area (Å²) in [7, 11) is 3.95. The van der Waals surface area contributed by atoms with Crippen LogP contribution in [-0.4, -0.2) is 16.6 Å². The lowest BCUT2D eigenvalue weighted by molar-refractivity contribution is 0.704. The third kappa shape index (κ3) is 2.90. The maximum absolute atomic E-state index is 4.70. The van der Waals surface area contributed by atoms with Gasteiger partial charge in [0.15, 0.2) is 0 Å². The summed E-state index contributed by atoms with van der Waals surface area (Å²) in [5.41, 5.74) is 3.50. The topological polar surface area (TPSA) is 29.9 Å². The molecule has 0 saturated carbocycles. The van der Waals surface area contributed by atoms with Gasteiger partial charge in [-0.15, -0.1) is 0 Å². The molecule has 0 spiro atoms. The molecule has 0 aliphatic carbocycles. The van der Waals surface area contributed by atoms with Crippen molar-refractivity contribution >= 4 is 15.9 Å². The Morgan fingerprint density at radius 3 is 2.42 bits per heavy atom. The Hall–Kier alpha value is -1.13. The average molecular weight is 322 g/mol. The number of nitrogens with one attached hydrogen (secondary N) is 1. The van der Waals surface area contributed by atoms with Gasteiger partial charge in [0.05, 0.1) is 6.54 Å². The number of hydrogen-bond acceptors (Lipinski definition) is 2. The molecule has 1 aromatic carbocycles.